The van der Waals surface area contributed by atoms with Gasteiger partial charge in [0.2, 0.25) is 0 Å². The number of nitrogens with one attached hydrogen (secondary N) is 2. The van der Waals surface area contributed by atoms with Gasteiger partial charge in [-0.05, 0) is 6.42 Å². The lowest BCUT2D eigenvalue weighted by Gasteiger charge is -2.16. The average Bonchev–Trinajstić information content (AvgIpc) is 2.96. The normalized spacial score (nSPS) is 21.4. The van der Waals surface area contributed by atoms with Crippen LogP contribution in [0.3, 0.4) is 0 Å². The highest BCUT2D eigenvalue weighted by Crippen LogP contribution is 2.30. The van der Waals surface area contributed by atoms with Crippen LogP contribution < -0.4 is 10.6 Å². The fourth-order valence-electron chi connectivity index (χ4n) is 2.38. The molecule has 1 atom stereocenters. The molecule has 1 unspecified atom stereocenters. The largest absolute Gasteiger partial charge is 0.435 e. The lowest BCUT2D eigenvalue weighted by atomic mass is 10.2. The number of sulfone groups is 1. The van der Waals surface area contributed by atoms with Crippen LogP contribution >= 0.6 is 0 Å². The van der Waals surface area contributed by atoms with Gasteiger partial charge in [-0.2, -0.15) is 18.3 Å². The summed E-state index contributed by atoms with van der Waals surface area (Å²) in [5.74, 6) is 0.348. The Morgan fingerprint density at radius 2 is 2.22 bits per heavy atom. The zero-order chi connectivity index (χ0) is 17.3. The molecular weight excluding hydrogens is 335 g/mol. The first-order chi connectivity index (χ1) is 10.6. The highest BCUT2D eigenvalue weighted by Gasteiger charge is 2.37. The number of rotatable bonds is 3. The molecule has 11 heteroatoms. The molecule has 1 aromatic heterocycles. The summed E-state index contributed by atoms with van der Waals surface area (Å²) in [6.07, 6.45) is -2.80. The number of guanidine groups is 1. The van der Waals surface area contributed by atoms with Crippen molar-refractivity contribution in [1.82, 2.24) is 20.4 Å². The first kappa shape index (κ1) is 17.6. The van der Waals surface area contributed by atoms with E-state index in [0.29, 0.717) is 6.42 Å². The second-order valence-corrected chi connectivity index (χ2v) is 7.57. The van der Waals surface area contributed by atoms with Gasteiger partial charge >= 0.3 is 6.18 Å². The third-order valence-corrected chi connectivity index (χ3v) is 5.18. The minimum absolute atomic E-state index is 0.00556. The second kappa shape index (κ2) is 6.38. The van der Waals surface area contributed by atoms with Crippen molar-refractivity contribution in [1.29, 1.82) is 0 Å². The first-order valence-corrected chi connectivity index (χ1v) is 8.70. The number of hydrogen-bond acceptors (Lipinski definition) is 4. The Hall–Kier alpha value is -1.78. The van der Waals surface area contributed by atoms with Gasteiger partial charge in [0, 0.05) is 38.4 Å². The van der Waals surface area contributed by atoms with Crippen LogP contribution in [0.2, 0.25) is 0 Å². The van der Waals surface area contributed by atoms with Gasteiger partial charge in [0.05, 0.1) is 11.5 Å². The van der Waals surface area contributed by atoms with Crippen LogP contribution in [0, 0.1) is 0 Å². The molecule has 1 saturated heterocycles. The summed E-state index contributed by atoms with van der Waals surface area (Å²) in [4.78, 5) is 3.90. The Balaban J connectivity index is 1.99. The van der Waals surface area contributed by atoms with Gasteiger partial charge < -0.3 is 10.6 Å². The Labute approximate surface area is 131 Å². The van der Waals surface area contributed by atoms with E-state index in [1.165, 1.54) is 20.3 Å². The number of alkyl halides is 3. The quantitative estimate of drug-likeness (QED) is 0.602. The molecule has 1 aliphatic heterocycles. The molecule has 0 spiro atoms. The maximum absolute atomic E-state index is 12.9. The first-order valence-electron chi connectivity index (χ1n) is 6.88. The van der Waals surface area contributed by atoms with Crippen LogP contribution in [0.1, 0.15) is 17.7 Å². The Morgan fingerprint density at radius 1 is 1.52 bits per heavy atom. The van der Waals surface area contributed by atoms with E-state index in [1.54, 1.807) is 0 Å². The van der Waals surface area contributed by atoms with Gasteiger partial charge in [-0.15, -0.1) is 0 Å². The van der Waals surface area contributed by atoms with E-state index >= 15 is 0 Å². The van der Waals surface area contributed by atoms with Crippen molar-refractivity contribution < 1.29 is 21.6 Å². The van der Waals surface area contributed by atoms with Crippen molar-refractivity contribution >= 4 is 15.8 Å². The molecule has 23 heavy (non-hydrogen) atoms. The van der Waals surface area contributed by atoms with Crippen molar-refractivity contribution in [3.05, 3.63) is 17.5 Å². The van der Waals surface area contributed by atoms with E-state index in [0.717, 1.165) is 4.68 Å². The Kier molecular flexibility index (Phi) is 4.87. The third kappa shape index (κ3) is 4.60. The number of aliphatic imine (C=N–C) groups is 1. The molecule has 0 saturated carbocycles. The van der Waals surface area contributed by atoms with E-state index in [-0.39, 0.29) is 35.6 Å². The van der Waals surface area contributed by atoms with Gasteiger partial charge in [-0.1, -0.05) is 0 Å². The number of hydrogen-bond donors (Lipinski definition) is 2. The SMILES string of the molecule is CN=C(NCc1cn(C)nc1C(F)(F)F)NC1CCS(=O)(=O)C1. The number of nitrogens with zero attached hydrogens (tertiary/aromatic N) is 3. The van der Waals surface area contributed by atoms with Crippen LogP contribution in [-0.2, 0) is 29.6 Å². The lowest BCUT2D eigenvalue weighted by Crippen LogP contribution is -2.43. The molecule has 0 bridgehead atoms. The van der Waals surface area contributed by atoms with E-state index in [1.807, 2.05) is 0 Å². The van der Waals surface area contributed by atoms with E-state index in [2.05, 4.69) is 20.7 Å². The molecule has 1 aromatic rings. The summed E-state index contributed by atoms with van der Waals surface area (Å²) in [6.45, 7) is -0.123. The third-order valence-electron chi connectivity index (χ3n) is 3.42. The summed E-state index contributed by atoms with van der Waals surface area (Å²) in [5.41, 5.74) is -0.964. The summed E-state index contributed by atoms with van der Waals surface area (Å²) >= 11 is 0. The topological polar surface area (TPSA) is 88.4 Å². The minimum Gasteiger partial charge on any atom is -0.353 e. The molecule has 2 rings (SSSR count). The van der Waals surface area contributed by atoms with Crippen molar-refractivity contribution in [2.75, 3.05) is 18.6 Å². The standard InChI is InChI=1S/C12H18F3N5O2S/c1-16-11(18-9-3-4-23(21,22)7-9)17-5-8-6-20(2)19-10(8)12(13,14)15/h6,9H,3-5,7H2,1-2H3,(H2,16,17,18). The smallest absolute Gasteiger partial charge is 0.353 e. The predicted octanol–water partition coefficient (Wildman–Crippen LogP) is 0.291. The maximum Gasteiger partial charge on any atom is 0.435 e. The van der Waals surface area contributed by atoms with E-state index in [9.17, 15) is 21.6 Å². The zero-order valence-electron chi connectivity index (χ0n) is 12.7. The molecule has 0 amide bonds. The fourth-order valence-corrected chi connectivity index (χ4v) is 4.05. The fraction of sp³-hybridized carbons (Fsp3) is 0.667. The molecule has 2 heterocycles. The highest BCUT2D eigenvalue weighted by atomic mass is 32.2. The van der Waals surface area contributed by atoms with Crippen LogP contribution in [-0.4, -0.2) is 48.8 Å². The summed E-state index contributed by atoms with van der Waals surface area (Å²) < 4.78 is 62.5. The monoisotopic (exact) mass is 353 g/mol. The van der Waals surface area contributed by atoms with Crippen LogP contribution in [0.5, 0.6) is 0 Å². The van der Waals surface area contributed by atoms with Crippen LogP contribution in [0.4, 0.5) is 13.2 Å². The Bertz CT molecular complexity index is 696. The van der Waals surface area contributed by atoms with Crippen molar-refractivity contribution in [3.63, 3.8) is 0 Å². The van der Waals surface area contributed by atoms with Crippen LogP contribution in [0.25, 0.3) is 0 Å². The van der Waals surface area contributed by atoms with E-state index < -0.39 is 21.7 Å². The summed E-state index contributed by atoms with van der Waals surface area (Å²) in [6, 6.07) is -0.290. The maximum atomic E-state index is 12.9. The zero-order valence-corrected chi connectivity index (χ0v) is 13.5. The van der Waals surface area contributed by atoms with Gasteiger partial charge in [0.15, 0.2) is 21.5 Å². The molecule has 0 aromatic carbocycles. The van der Waals surface area contributed by atoms with Gasteiger partial charge in [0.25, 0.3) is 0 Å². The highest BCUT2D eigenvalue weighted by molar-refractivity contribution is 7.91. The van der Waals surface area contributed by atoms with Gasteiger partial charge in [-0.25, -0.2) is 8.42 Å². The molecule has 1 fully saturated rings. The molecule has 0 aliphatic carbocycles. The number of halogens is 3. The van der Waals surface area contributed by atoms with Crippen LogP contribution in [0.15, 0.2) is 11.2 Å². The van der Waals surface area contributed by atoms with Crippen molar-refractivity contribution in [3.8, 4) is 0 Å². The lowest BCUT2D eigenvalue weighted by molar-refractivity contribution is -0.142. The van der Waals surface area contributed by atoms with Crippen molar-refractivity contribution in [2.45, 2.75) is 25.2 Å². The van der Waals surface area contributed by atoms with Gasteiger partial charge in [0.1, 0.15) is 0 Å². The molecule has 0 radical (unpaired) electrons. The number of aromatic nitrogens is 2. The number of aryl methyl sites for hydroxylation is 1. The molecule has 130 valence electrons. The van der Waals surface area contributed by atoms with Crippen molar-refractivity contribution in [2.24, 2.45) is 12.0 Å². The predicted molar refractivity (Wildman–Crippen MR) is 78.6 cm³/mol. The van der Waals surface area contributed by atoms with E-state index in [4.69, 9.17) is 0 Å². The average molecular weight is 353 g/mol. The summed E-state index contributed by atoms with van der Waals surface area (Å²) in [7, 11) is -0.170. The minimum atomic E-state index is -4.53. The molecule has 7 nitrogen and oxygen atoms in total. The molecule has 2 N–H and O–H groups in total. The van der Waals surface area contributed by atoms with Gasteiger partial charge in [-0.3, -0.25) is 9.67 Å². The Morgan fingerprint density at radius 3 is 2.74 bits per heavy atom. The summed E-state index contributed by atoms with van der Waals surface area (Å²) in [5, 5.41) is 9.08. The molecular formula is C12H18F3N5O2S. The molecule has 1 aliphatic rings. The second-order valence-electron chi connectivity index (χ2n) is 5.34.